The average Bonchev–Trinajstić information content (AvgIpc) is 2.98. The molecule has 21 heavy (non-hydrogen) atoms. The van der Waals surface area contributed by atoms with Gasteiger partial charge in [-0.3, -0.25) is 9.36 Å². The molecule has 0 fully saturated rings. The van der Waals surface area contributed by atoms with Crippen molar-refractivity contribution in [3.63, 3.8) is 0 Å². The molecule has 0 aliphatic carbocycles. The molecule has 0 bridgehead atoms. The molecular formula is C15H24ClN5. The summed E-state index contributed by atoms with van der Waals surface area (Å²) in [6.45, 7) is 11.7. The van der Waals surface area contributed by atoms with E-state index in [2.05, 4.69) is 36.3 Å². The maximum atomic E-state index is 6.33. The van der Waals surface area contributed by atoms with Crippen LogP contribution >= 0.6 is 11.6 Å². The molecule has 116 valence electrons. The van der Waals surface area contributed by atoms with Crippen molar-refractivity contribution in [2.75, 3.05) is 6.54 Å². The predicted octanol–water partition coefficient (Wildman–Crippen LogP) is 2.86. The summed E-state index contributed by atoms with van der Waals surface area (Å²) in [5, 5.41) is 13.2. The lowest BCUT2D eigenvalue weighted by Crippen LogP contribution is -2.19. The van der Waals surface area contributed by atoms with Gasteiger partial charge in [0.15, 0.2) is 0 Å². The molecule has 6 heteroatoms. The molecule has 0 amide bonds. The molecule has 0 spiro atoms. The van der Waals surface area contributed by atoms with Crippen LogP contribution in [0.5, 0.6) is 0 Å². The van der Waals surface area contributed by atoms with Crippen LogP contribution in [-0.2, 0) is 19.6 Å². The van der Waals surface area contributed by atoms with Crippen LogP contribution in [0.2, 0.25) is 5.02 Å². The smallest absolute Gasteiger partial charge is 0.0866 e. The molecule has 2 aromatic rings. The van der Waals surface area contributed by atoms with Crippen molar-refractivity contribution in [3.05, 3.63) is 34.4 Å². The topological polar surface area (TPSA) is 47.7 Å². The molecule has 2 heterocycles. The van der Waals surface area contributed by atoms with Gasteiger partial charge in [-0.15, -0.1) is 0 Å². The number of halogens is 1. The molecule has 0 radical (unpaired) electrons. The summed E-state index contributed by atoms with van der Waals surface area (Å²) >= 11 is 6.33. The Morgan fingerprint density at radius 3 is 2.76 bits per heavy atom. The Hall–Kier alpha value is -1.33. The van der Waals surface area contributed by atoms with Gasteiger partial charge < -0.3 is 5.32 Å². The first kappa shape index (κ1) is 16.0. The molecule has 2 rings (SSSR count). The quantitative estimate of drug-likeness (QED) is 0.855. The summed E-state index contributed by atoms with van der Waals surface area (Å²) < 4.78 is 3.86. The van der Waals surface area contributed by atoms with Crippen LogP contribution < -0.4 is 5.32 Å². The van der Waals surface area contributed by atoms with E-state index in [9.17, 15) is 0 Å². The molecule has 0 aliphatic heterocycles. The number of nitrogens with zero attached hydrogens (tertiary/aromatic N) is 4. The third kappa shape index (κ3) is 4.08. The van der Waals surface area contributed by atoms with Crippen molar-refractivity contribution in [2.24, 2.45) is 5.92 Å². The summed E-state index contributed by atoms with van der Waals surface area (Å²) in [6.07, 6.45) is 1.99. The first-order valence-corrected chi connectivity index (χ1v) is 7.83. The van der Waals surface area contributed by atoms with Crippen molar-refractivity contribution >= 4 is 11.6 Å². The zero-order valence-corrected chi connectivity index (χ0v) is 14.0. The van der Waals surface area contributed by atoms with Crippen LogP contribution in [0.1, 0.15) is 37.9 Å². The van der Waals surface area contributed by atoms with E-state index in [1.54, 1.807) is 0 Å². The molecule has 0 unspecified atom stereocenters. The molecule has 0 aromatic carbocycles. The molecule has 0 atom stereocenters. The van der Waals surface area contributed by atoms with Crippen LogP contribution in [0.25, 0.3) is 0 Å². The zero-order chi connectivity index (χ0) is 15.4. The van der Waals surface area contributed by atoms with Gasteiger partial charge in [-0.25, -0.2) is 0 Å². The van der Waals surface area contributed by atoms with Gasteiger partial charge in [0.2, 0.25) is 0 Å². The van der Waals surface area contributed by atoms with Gasteiger partial charge >= 0.3 is 0 Å². The highest BCUT2D eigenvalue weighted by molar-refractivity contribution is 6.31. The average molecular weight is 310 g/mol. The van der Waals surface area contributed by atoms with E-state index in [0.29, 0.717) is 12.5 Å². The molecule has 5 nitrogen and oxygen atoms in total. The summed E-state index contributed by atoms with van der Waals surface area (Å²) in [5.74, 6) is 0.646. The SMILES string of the molecule is CCn1nc(C)c(Cl)c1Cn1ccc(CNCC(C)C)n1. The van der Waals surface area contributed by atoms with Gasteiger partial charge in [-0.05, 0) is 32.4 Å². The third-order valence-corrected chi connectivity index (χ3v) is 3.81. The Bertz CT molecular complexity index is 585. The number of aryl methyl sites for hydroxylation is 2. The van der Waals surface area contributed by atoms with Crippen LogP contribution in [-0.4, -0.2) is 26.1 Å². The minimum atomic E-state index is 0.646. The highest BCUT2D eigenvalue weighted by atomic mass is 35.5. The molecule has 0 saturated carbocycles. The lowest BCUT2D eigenvalue weighted by Gasteiger charge is -2.06. The highest BCUT2D eigenvalue weighted by Gasteiger charge is 2.13. The zero-order valence-electron chi connectivity index (χ0n) is 13.2. The number of rotatable bonds is 7. The lowest BCUT2D eigenvalue weighted by molar-refractivity contribution is 0.538. The van der Waals surface area contributed by atoms with Crippen molar-refractivity contribution in [3.8, 4) is 0 Å². The van der Waals surface area contributed by atoms with Crippen molar-refractivity contribution in [2.45, 2.75) is 47.3 Å². The van der Waals surface area contributed by atoms with Crippen molar-refractivity contribution in [1.82, 2.24) is 24.9 Å². The first-order valence-electron chi connectivity index (χ1n) is 7.46. The fraction of sp³-hybridized carbons (Fsp3) is 0.600. The fourth-order valence-corrected chi connectivity index (χ4v) is 2.44. The predicted molar refractivity (Wildman–Crippen MR) is 85.5 cm³/mol. The third-order valence-electron chi connectivity index (χ3n) is 3.32. The van der Waals surface area contributed by atoms with E-state index in [0.717, 1.165) is 41.7 Å². The van der Waals surface area contributed by atoms with Gasteiger partial charge in [0.25, 0.3) is 0 Å². The Kier molecular flexibility index (Phi) is 5.42. The largest absolute Gasteiger partial charge is 0.311 e. The van der Waals surface area contributed by atoms with Crippen LogP contribution in [0.4, 0.5) is 0 Å². The Morgan fingerprint density at radius 2 is 2.10 bits per heavy atom. The fourth-order valence-electron chi connectivity index (χ4n) is 2.25. The standard InChI is InChI=1S/C15H24ClN5/c1-5-21-14(15(16)12(4)18-21)10-20-7-6-13(19-20)9-17-8-11(2)3/h6-7,11,17H,5,8-10H2,1-4H3. The summed E-state index contributed by atoms with van der Waals surface area (Å²) in [4.78, 5) is 0. The molecule has 0 saturated heterocycles. The van der Waals surface area contributed by atoms with E-state index >= 15 is 0 Å². The second kappa shape index (κ2) is 7.09. The minimum absolute atomic E-state index is 0.646. The van der Waals surface area contributed by atoms with Gasteiger partial charge in [0.1, 0.15) is 0 Å². The van der Waals surface area contributed by atoms with Crippen molar-refractivity contribution in [1.29, 1.82) is 0 Å². The number of hydrogen-bond acceptors (Lipinski definition) is 3. The molecule has 1 N–H and O–H groups in total. The van der Waals surface area contributed by atoms with E-state index < -0.39 is 0 Å². The minimum Gasteiger partial charge on any atom is -0.311 e. The van der Waals surface area contributed by atoms with Gasteiger partial charge in [0.05, 0.1) is 28.6 Å². The second-order valence-electron chi connectivity index (χ2n) is 5.69. The second-order valence-corrected chi connectivity index (χ2v) is 6.07. The molecule has 0 aliphatic rings. The van der Waals surface area contributed by atoms with Gasteiger partial charge in [-0.1, -0.05) is 25.4 Å². The lowest BCUT2D eigenvalue weighted by atomic mass is 10.2. The van der Waals surface area contributed by atoms with Gasteiger partial charge in [0, 0.05) is 19.3 Å². The monoisotopic (exact) mass is 309 g/mol. The molecule has 2 aromatic heterocycles. The number of nitrogens with one attached hydrogen (secondary N) is 1. The van der Waals surface area contributed by atoms with Crippen LogP contribution in [0.15, 0.2) is 12.3 Å². The highest BCUT2D eigenvalue weighted by Crippen LogP contribution is 2.21. The molecular weight excluding hydrogens is 286 g/mol. The van der Waals surface area contributed by atoms with Crippen LogP contribution in [0, 0.1) is 12.8 Å². The summed E-state index contributed by atoms with van der Waals surface area (Å²) in [7, 11) is 0. The summed E-state index contributed by atoms with van der Waals surface area (Å²) in [5.41, 5.74) is 2.94. The van der Waals surface area contributed by atoms with E-state index in [1.165, 1.54) is 0 Å². The van der Waals surface area contributed by atoms with E-state index in [4.69, 9.17) is 11.6 Å². The first-order chi connectivity index (χ1) is 10.0. The van der Waals surface area contributed by atoms with E-state index in [1.807, 2.05) is 28.6 Å². The maximum Gasteiger partial charge on any atom is 0.0866 e. The normalized spacial score (nSPS) is 11.5. The van der Waals surface area contributed by atoms with E-state index in [-0.39, 0.29) is 0 Å². The van der Waals surface area contributed by atoms with Crippen molar-refractivity contribution < 1.29 is 0 Å². The Balaban J connectivity index is 2.02. The number of aromatic nitrogens is 4. The van der Waals surface area contributed by atoms with Crippen LogP contribution in [0.3, 0.4) is 0 Å². The maximum absolute atomic E-state index is 6.33. The Morgan fingerprint density at radius 1 is 1.33 bits per heavy atom. The number of hydrogen-bond donors (Lipinski definition) is 1. The Labute approximate surface area is 131 Å². The summed E-state index contributed by atoms with van der Waals surface area (Å²) in [6, 6.07) is 2.04. The van der Waals surface area contributed by atoms with Gasteiger partial charge in [-0.2, -0.15) is 10.2 Å².